The molecule has 0 fully saturated rings. The molecular weight excluding hydrogens is 389 g/mol. The fourth-order valence-corrected chi connectivity index (χ4v) is 2.64. The number of aromatic nitrogens is 3. The third-order valence-corrected chi connectivity index (χ3v) is 3.84. The molecule has 2 aromatic heterocycles. The Morgan fingerprint density at radius 1 is 1.39 bits per heavy atom. The number of rotatable bonds is 3. The fourth-order valence-electron chi connectivity index (χ4n) is 2.08. The van der Waals surface area contributed by atoms with Crippen molar-refractivity contribution in [2.24, 2.45) is 0 Å². The Bertz CT molecular complexity index is 913. The zero-order valence-electron chi connectivity index (χ0n) is 11.9. The standard InChI is InChI=1S/C15H10BrClFN3O2/c1-2-23-15(22)12-6-13(17)21-14(19-12)7-11(20-21)9-4-3-8(16)5-10(9)18/h3-7H,2H2,1H3. The lowest BCUT2D eigenvalue weighted by molar-refractivity contribution is 0.0519. The minimum absolute atomic E-state index is 0.0760. The molecule has 5 nitrogen and oxygen atoms in total. The van der Waals surface area contributed by atoms with Crippen LogP contribution in [0.5, 0.6) is 0 Å². The van der Waals surface area contributed by atoms with Crippen molar-refractivity contribution in [3.63, 3.8) is 0 Å². The second kappa shape index (κ2) is 6.25. The number of carbonyl (C=O) groups excluding carboxylic acids is 1. The van der Waals surface area contributed by atoms with E-state index in [9.17, 15) is 9.18 Å². The number of esters is 1. The van der Waals surface area contributed by atoms with Crippen LogP contribution < -0.4 is 0 Å². The summed E-state index contributed by atoms with van der Waals surface area (Å²) in [6.45, 7) is 1.93. The summed E-state index contributed by atoms with van der Waals surface area (Å²) >= 11 is 9.33. The monoisotopic (exact) mass is 397 g/mol. The summed E-state index contributed by atoms with van der Waals surface area (Å²) in [5.41, 5.74) is 1.09. The maximum Gasteiger partial charge on any atom is 0.357 e. The molecule has 0 bridgehead atoms. The number of nitrogens with zero attached hydrogens (tertiary/aromatic N) is 3. The van der Waals surface area contributed by atoms with Gasteiger partial charge < -0.3 is 4.74 Å². The van der Waals surface area contributed by atoms with Crippen molar-refractivity contribution in [1.29, 1.82) is 0 Å². The Labute approximate surface area is 144 Å². The molecule has 8 heteroatoms. The molecule has 0 radical (unpaired) electrons. The Balaban J connectivity index is 2.11. The van der Waals surface area contributed by atoms with E-state index in [1.807, 2.05) is 0 Å². The maximum atomic E-state index is 14.1. The van der Waals surface area contributed by atoms with E-state index in [4.69, 9.17) is 16.3 Å². The highest BCUT2D eigenvalue weighted by molar-refractivity contribution is 9.10. The van der Waals surface area contributed by atoms with E-state index in [2.05, 4.69) is 26.0 Å². The van der Waals surface area contributed by atoms with Gasteiger partial charge in [-0.3, -0.25) is 0 Å². The average molecular weight is 399 g/mol. The third kappa shape index (κ3) is 3.07. The molecule has 23 heavy (non-hydrogen) atoms. The van der Waals surface area contributed by atoms with Crippen molar-refractivity contribution >= 4 is 39.1 Å². The number of fused-ring (bicyclic) bond motifs is 1. The largest absolute Gasteiger partial charge is 0.461 e. The lowest BCUT2D eigenvalue weighted by atomic mass is 10.1. The molecule has 0 aliphatic rings. The average Bonchev–Trinajstić information content (AvgIpc) is 2.91. The van der Waals surface area contributed by atoms with Crippen molar-refractivity contribution in [1.82, 2.24) is 14.6 Å². The minimum atomic E-state index is -0.575. The van der Waals surface area contributed by atoms with Crippen LogP contribution in [-0.2, 0) is 4.74 Å². The highest BCUT2D eigenvalue weighted by Crippen LogP contribution is 2.26. The van der Waals surface area contributed by atoms with Crippen molar-refractivity contribution < 1.29 is 13.9 Å². The topological polar surface area (TPSA) is 56.5 Å². The van der Waals surface area contributed by atoms with Crippen LogP contribution in [0.1, 0.15) is 17.4 Å². The first-order valence-electron chi connectivity index (χ1n) is 6.68. The second-order valence-corrected chi connectivity index (χ2v) is 5.91. The Morgan fingerprint density at radius 2 is 2.17 bits per heavy atom. The first-order valence-corrected chi connectivity index (χ1v) is 7.85. The summed E-state index contributed by atoms with van der Waals surface area (Å²) in [4.78, 5) is 15.9. The number of hydrogen-bond acceptors (Lipinski definition) is 4. The zero-order chi connectivity index (χ0) is 16.6. The number of carbonyl (C=O) groups is 1. The molecule has 0 saturated heterocycles. The molecule has 2 heterocycles. The van der Waals surface area contributed by atoms with E-state index in [-0.39, 0.29) is 17.5 Å². The van der Waals surface area contributed by atoms with Gasteiger partial charge >= 0.3 is 5.97 Å². The summed E-state index contributed by atoms with van der Waals surface area (Å²) in [6, 6.07) is 7.57. The minimum Gasteiger partial charge on any atom is -0.461 e. The predicted molar refractivity (Wildman–Crippen MR) is 87.0 cm³/mol. The van der Waals surface area contributed by atoms with Gasteiger partial charge in [-0.15, -0.1) is 0 Å². The van der Waals surface area contributed by atoms with E-state index in [1.54, 1.807) is 25.1 Å². The number of halogens is 3. The van der Waals surface area contributed by atoms with Gasteiger partial charge in [-0.2, -0.15) is 5.10 Å². The molecule has 0 spiro atoms. The number of ether oxygens (including phenoxy) is 1. The fraction of sp³-hybridized carbons (Fsp3) is 0.133. The molecule has 1 aromatic carbocycles. The van der Waals surface area contributed by atoms with Crippen LogP contribution >= 0.6 is 27.5 Å². The van der Waals surface area contributed by atoms with Crippen molar-refractivity contribution in [2.75, 3.05) is 6.61 Å². The Kier molecular flexibility index (Phi) is 4.32. The molecule has 0 saturated carbocycles. The maximum absolute atomic E-state index is 14.1. The van der Waals surface area contributed by atoms with Gasteiger partial charge in [0.2, 0.25) is 0 Å². The molecule has 118 valence electrons. The molecule has 3 rings (SSSR count). The summed E-state index contributed by atoms with van der Waals surface area (Å²) < 4.78 is 20.9. The van der Waals surface area contributed by atoms with E-state index >= 15 is 0 Å². The number of benzene rings is 1. The summed E-state index contributed by atoms with van der Waals surface area (Å²) in [5, 5.41) is 4.42. The van der Waals surface area contributed by atoms with Gasteiger partial charge in [0.1, 0.15) is 11.0 Å². The zero-order valence-corrected chi connectivity index (χ0v) is 14.2. The van der Waals surface area contributed by atoms with Crippen LogP contribution in [0.15, 0.2) is 34.8 Å². The molecule has 3 aromatic rings. The first kappa shape index (κ1) is 15.9. The van der Waals surface area contributed by atoms with Crippen LogP contribution in [0.2, 0.25) is 5.15 Å². The van der Waals surface area contributed by atoms with Crippen LogP contribution in [0, 0.1) is 5.82 Å². The Morgan fingerprint density at radius 3 is 2.87 bits per heavy atom. The summed E-state index contributed by atoms with van der Waals surface area (Å²) in [7, 11) is 0. The number of hydrogen-bond donors (Lipinski definition) is 0. The van der Waals surface area contributed by atoms with Crippen molar-refractivity contribution in [3.8, 4) is 11.3 Å². The highest BCUT2D eigenvalue weighted by atomic mass is 79.9. The lowest BCUT2D eigenvalue weighted by Crippen LogP contribution is -2.08. The molecule has 0 N–H and O–H groups in total. The van der Waals surface area contributed by atoms with Crippen LogP contribution in [0.3, 0.4) is 0 Å². The normalized spacial score (nSPS) is 11.0. The third-order valence-electron chi connectivity index (χ3n) is 3.08. The van der Waals surface area contributed by atoms with Crippen LogP contribution in [0.25, 0.3) is 16.9 Å². The molecule has 0 atom stereocenters. The van der Waals surface area contributed by atoms with Gasteiger partial charge in [-0.05, 0) is 25.1 Å². The van der Waals surface area contributed by atoms with Gasteiger partial charge in [0, 0.05) is 22.2 Å². The quantitative estimate of drug-likeness (QED) is 0.492. The van der Waals surface area contributed by atoms with Gasteiger partial charge in [0.15, 0.2) is 11.3 Å². The molecule has 0 aliphatic heterocycles. The van der Waals surface area contributed by atoms with Crippen molar-refractivity contribution in [2.45, 2.75) is 6.92 Å². The molecule has 0 amide bonds. The van der Waals surface area contributed by atoms with E-state index in [0.29, 0.717) is 21.4 Å². The van der Waals surface area contributed by atoms with Crippen molar-refractivity contribution in [3.05, 3.63) is 51.5 Å². The van der Waals surface area contributed by atoms with Gasteiger partial charge in [-0.1, -0.05) is 27.5 Å². The lowest BCUT2D eigenvalue weighted by Gasteiger charge is -2.02. The summed E-state index contributed by atoms with van der Waals surface area (Å²) in [6.07, 6.45) is 0. The van der Waals surface area contributed by atoms with E-state index in [0.717, 1.165) is 0 Å². The van der Waals surface area contributed by atoms with Gasteiger partial charge in [0.25, 0.3) is 0 Å². The Hall–Kier alpha value is -1.99. The SMILES string of the molecule is CCOC(=O)c1cc(Cl)n2nc(-c3ccc(Br)cc3F)cc2n1. The first-order chi connectivity index (χ1) is 11.0. The van der Waals surface area contributed by atoms with Gasteiger partial charge in [-0.25, -0.2) is 18.7 Å². The molecule has 0 unspecified atom stereocenters. The second-order valence-electron chi connectivity index (χ2n) is 4.61. The van der Waals surface area contributed by atoms with E-state index in [1.165, 1.54) is 16.6 Å². The van der Waals surface area contributed by atoms with E-state index < -0.39 is 11.8 Å². The summed E-state index contributed by atoms with van der Waals surface area (Å²) in [5.74, 6) is -1.00. The van der Waals surface area contributed by atoms with Gasteiger partial charge in [0.05, 0.1) is 12.3 Å². The van der Waals surface area contributed by atoms with Crippen LogP contribution in [-0.4, -0.2) is 27.2 Å². The highest BCUT2D eigenvalue weighted by Gasteiger charge is 2.16. The predicted octanol–water partition coefficient (Wildman–Crippen LogP) is 4.13. The smallest absolute Gasteiger partial charge is 0.357 e. The molecule has 0 aliphatic carbocycles. The molecular formula is C15H10BrClFN3O2. The van der Waals surface area contributed by atoms with Crippen LogP contribution in [0.4, 0.5) is 4.39 Å².